The SMILES string of the molecule is C#CCCC1(c2ccccc2C)C(=O)N(C(=O)OC(C)(C)C)c2ccc(F)cc21. The molecule has 0 spiro atoms. The third-order valence-corrected chi connectivity index (χ3v) is 5.05. The summed E-state index contributed by atoms with van der Waals surface area (Å²) < 4.78 is 19.8. The molecule has 1 aliphatic heterocycles. The van der Waals surface area contributed by atoms with E-state index in [1.54, 1.807) is 20.8 Å². The van der Waals surface area contributed by atoms with Crippen LogP contribution in [0.5, 0.6) is 0 Å². The van der Waals surface area contributed by atoms with Crippen LogP contribution in [0.25, 0.3) is 0 Å². The van der Waals surface area contributed by atoms with Crippen LogP contribution in [0.4, 0.5) is 14.9 Å². The third kappa shape index (κ3) is 3.51. The molecule has 4 nitrogen and oxygen atoms in total. The number of terminal acetylenes is 1. The van der Waals surface area contributed by atoms with Gasteiger partial charge >= 0.3 is 6.09 Å². The molecule has 0 aliphatic carbocycles. The molecule has 150 valence electrons. The molecule has 0 aromatic heterocycles. The minimum Gasteiger partial charge on any atom is -0.443 e. The van der Waals surface area contributed by atoms with Crippen molar-refractivity contribution in [3.8, 4) is 12.3 Å². The largest absolute Gasteiger partial charge is 0.443 e. The van der Waals surface area contributed by atoms with Gasteiger partial charge in [0.1, 0.15) is 16.8 Å². The van der Waals surface area contributed by atoms with Crippen LogP contribution in [0, 0.1) is 25.1 Å². The number of carbonyl (C=O) groups excluding carboxylic acids is 2. The summed E-state index contributed by atoms with van der Waals surface area (Å²) >= 11 is 0. The Labute approximate surface area is 170 Å². The van der Waals surface area contributed by atoms with Crippen molar-refractivity contribution in [2.45, 2.75) is 51.6 Å². The van der Waals surface area contributed by atoms with Crippen molar-refractivity contribution in [2.24, 2.45) is 0 Å². The molecule has 0 radical (unpaired) electrons. The highest BCUT2D eigenvalue weighted by Crippen LogP contribution is 2.50. The molecule has 2 aromatic carbocycles. The Morgan fingerprint density at radius 1 is 1.21 bits per heavy atom. The maximum atomic E-state index is 14.3. The monoisotopic (exact) mass is 393 g/mol. The lowest BCUT2D eigenvalue weighted by Crippen LogP contribution is -2.46. The molecule has 29 heavy (non-hydrogen) atoms. The number of carbonyl (C=O) groups is 2. The zero-order valence-electron chi connectivity index (χ0n) is 17.1. The van der Waals surface area contributed by atoms with E-state index in [1.165, 1.54) is 18.2 Å². The summed E-state index contributed by atoms with van der Waals surface area (Å²) in [6.07, 6.45) is 5.27. The van der Waals surface area contributed by atoms with E-state index in [4.69, 9.17) is 11.2 Å². The lowest BCUT2D eigenvalue weighted by atomic mass is 9.70. The summed E-state index contributed by atoms with van der Waals surface area (Å²) in [5.41, 5.74) is 0.275. The number of aryl methyl sites for hydroxylation is 1. The van der Waals surface area contributed by atoms with Gasteiger partial charge in [0, 0.05) is 6.42 Å². The fourth-order valence-corrected chi connectivity index (χ4v) is 3.90. The zero-order valence-corrected chi connectivity index (χ0v) is 17.1. The van der Waals surface area contributed by atoms with Gasteiger partial charge in [-0.05, 0) is 69.0 Å². The number of rotatable bonds is 3. The molecule has 0 saturated heterocycles. The van der Waals surface area contributed by atoms with Gasteiger partial charge in [-0.1, -0.05) is 24.3 Å². The van der Waals surface area contributed by atoms with Crippen molar-refractivity contribution >= 4 is 17.7 Å². The topological polar surface area (TPSA) is 46.6 Å². The van der Waals surface area contributed by atoms with Crippen molar-refractivity contribution < 1.29 is 18.7 Å². The Morgan fingerprint density at radius 2 is 1.90 bits per heavy atom. The molecule has 0 fully saturated rings. The molecular weight excluding hydrogens is 369 g/mol. The van der Waals surface area contributed by atoms with Gasteiger partial charge in [-0.3, -0.25) is 4.79 Å². The van der Waals surface area contributed by atoms with Crippen LogP contribution >= 0.6 is 0 Å². The summed E-state index contributed by atoms with van der Waals surface area (Å²) in [5.74, 6) is 1.62. The molecule has 2 aromatic rings. The third-order valence-electron chi connectivity index (χ3n) is 5.05. The molecule has 1 atom stereocenters. The first-order valence-corrected chi connectivity index (χ1v) is 9.49. The van der Waals surface area contributed by atoms with Crippen LogP contribution in [0.15, 0.2) is 42.5 Å². The van der Waals surface area contributed by atoms with Crippen molar-refractivity contribution in [3.05, 3.63) is 65.0 Å². The van der Waals surface area contributed by atoms with E-state index in [0.717, 1.165) is 10.5 Å². The van der Waals surface area contributed by atoms with Crippen LogP contribution < -0.4 is 4.90 Å². The minimum absolute atomic E-state index is 0.253. The summed E-state index contributed by atoms with van der Waals surface area (Å²) in [6.45, 7) is 7.06. The molecule has 3 rings (SSSR count). The average Bonchev–Trinajstić information content (AvgIpc) is 2.87. The van der Waals surface area contributed by atoms with Crippen LogP contribution in [0.3, 0.4) is 0 Å². The van der Waals surface area contributed by atoms with Gasteiger partial charge in [0.2, 0.25) is 0 Å². The molecular formula is C24H24FNO3. The maximum absolute atomic E-state index is 14.3. The fraction of sp³-hybridized carbons (Fsp3) is 0.333. The van der Waals surface area contributed by atoms with E-state index in [-0.39, 0.29) is 12.8 Å². The normalized spacial score (nSPS) is 18.3. The number of hydrogen-bond acceptors (Lipinski definition) is 3. The first kappa shape index (κ1) is 20.6. The first-order valence-electron chi connectivity index (χ1n) is 9.49. The number of ether oxygens (including phenoxy) is 1. The number of anilines is 1. The van der Waals surface area contributed by atoms with Gasteiger partial charge in [-0.15, -0.1) is 12.3 Å². The molecule has 0 bridgehead atoms. The van der Waals surface area contributed by atoms with Gasteiger partial charge in [0.15, 0.2) is 0 Å². The van der Waals surface area contributed by atoms with Crippen molar-refractivity contribution in [1.82, 2.24) is 0 Å². The quantitative estimate of drug-likeness (QED) is 0.681. The Hall–Kier alpha value is -3.13. The highest BCUT2D eigenvalue weighted by molar-refractivity contribution is 6.22. The molecule has 1 aliphatic rings. The summed E-state index contributed by atoms with van der Waals surface area (Å²) in [4.78, 5) is 27.8. The number of amides is 2. The summed E-state index contributed by atoms with van der Waals surface area (Å²) in [6, 6.07) is 11.4. The molecule has 1 unspecified atom stereocenters. The van der Waals surface area contributed by atoms with E-state index in [2.05, 4.69) is 5.92 Å². The zero-order chi connectivity index (χ0) is 21.4. The van der Waals surface area contributed by atoms with E-state index >= 15 is 0 Å². The van der Waals surface area contributed by atoms with Crippen LogP contribution in [0.2, 0.25) is 0 Å². The fourth-order valence-electron chi connectivity index (χ4n) is 3.90. The van der Waals surface area contributed by atoms with Crippen LogP contribution in [-0.4, -0.2) is 17.6 Å². The second-order valence-electron chi connectivity index (χ2n) is 8.21. The lowest BCUT2D eigenvalue weighted by Gasteiger charge is -2.30. The number of fused-ring (bicyclic) bond motifs is 1. The smallest absolute Gasteiger partial charge is 0.421 e. The maximum Gasteiger partial charge on any atom is 0.421 e. The molecule has 0 saturated carbocycles. The Kier molecular flexibility index (Phi) is 5.23. The van der Waals surface area contributed by atoms with Gasteiger partial charge < -0.3 is 4.74 Å². The van der Waals surface area contributed by atoms with Gasteiger partial charge in [0.25, 0.3) is 5.91 Å². The Balaban J connectivity index is 2.28. The number of hydrogen-bond donors (Lipinski definition) is 0. The number of benzene rings is 2. The Morgan fingerprint density at radius 3 is 2.52 bits per heavy atom. The highest BCUT2D eigenvalue weighted by Gasteiger charge is 2.55. The molecule has 1 heterocycles. The van der Waals surface area contributed by atoms with Crippen LogP contribution in [0.1, 0.15) is 50.3 Å². The van der Waals surface area contributed by atoms with Crippen molar-refractivity contribution in [2.75, 3.05) is 4.90 Å². The average molecular weight is 393 g/mol. The number of nitrogens with zero attached hydrogens (tertiary/aromatic N) is 1. The molecule has 0 N–H and O–H groups in total. The van der Waals surface area contributed by atoms with Gasteiger partial charge in [0.05, 0.1) is 5.69 Å². The summed E-state index contributed by atoms with van der Waals surface area (Å²) in [5, 5.41) is 0. The second-order valence-corrected chi connectivity index (χ2v) is 8.21. The lowest BCUT2D eigenvalue weighted by molar-refractivity contribution is -0.121. The molecule has 2 amide bonds. The first-order chi connectivity index (χ1) is 13.6. The van der Waals surface area contributed by atoms with E-state index < -0.39 is 28.8 Å². The predicted octanol–water partition coefficient (Wildman–Crippen LogP) is 5.12. The van der Waals surface area contributed by atoms with E-state index in [0.29, 0.717) is 16.8 Å². The van der Waals surface area contributed by atoms with Crippen LogP contribution in [-0.2, 0) is 14.9 Å². The summed E-state index contributed by atoms with van der Waals surface area (Å²) in [7, 11) is 0. The van der Waals surface area contributed by atoms with E-state index in [9.17, 15) is 14.0 Å². The molecule has 5 heteroatoms. The minimum atomic E-state index is -1.26. The van der Waals surface area contributed by atoms with Crippen molar-refractivity contribution in [3.63, 3.8) is 0 Å². The Bertz CT molecular complexity index is 1020. The second kappa shape index (κ2) is 7.36. The highest BCUT2D eigenvalue weighted by atomic mass is 19.1. The number of halogens is 1. The number of imide groups is 1. The van der Waals surface area contributed by atoms with Crippen molar-refractivity contribution in [1.29, 1.82) is 0 Å². The standard InChI is InChI=1S/C24H24FNO3/c1-6-7-14-24(18-11-9-8-10-16(18)2)19-15-17(25)12-13-20(19)26(21(24)27)22(28)29-23(3,4)5/h1,8-13,15H,7,14H2,2-5H3. The van der Waals surface area contributed by atoms with Gasteiger partial charge in [-0.2, -0.15) is 0 Å². The van der Waals surface area contributed by atoms with E-state index in [1.807, 2.05) is 31.2 Å². The van der Waals surface area contributed by atoms with Gasteiger partial charge in [-0.25, -0.2) is 14.1 Å². The predicted molar refractivity (Wildman–Crippen MR) is 110 cm³/mol.